The zero-order valence-electron chi connectivity index (χ0n) is 18.3. The van der Waals surface area contributed by atoms with Crippen molar-refractivity contribution in [3.05, 3.63) is 90.3 Å². The van der Waals surface area contributed by atoms with E-state index in [0.717, 1.165) is 11.1 Å². The largest absolute Gasteiger partial charge is 0.445 e. The van der Waals surface area contributed by atoms with Crippen molar-refractivity contribution in [2.45, 2.75) is 19.1 Å². The Labute approximate surface area is 193 Å². The summed E-state index contributed by atoms with van der Waals surface area (Å²) in [6.07, 6.45) is 3.20. The molecular formula is C25H27N5O3. The standard InChI is InChI=1S/C25H27N5O3/c31-23(29-14-16-30(17-15-29)24-26-12-7-13-27-24)22(18-20-8-3-1-4-9-20)28-25(32)33-19-21-10-5-2-6-11-21/h1-13,22H,14-19H2,(H,28,32)/t22-/m0/s1. The Morgan fingerprint density at radius 3 is 2.09 bits per heavy atom. The first kappa shape index (κ1) is 22.3. The topological polar surface area (TPSA) is 87.7 Å². The summed E-state index contributed by atoms with van der Waals surface area (Å²) < 4.78 is 5.36. The molecule has 8 heteroatoms. The second-order valence-corrected chi connectivity index (χ2v) is 7.81. The highest BCUT2D eigenvalue weighted by Crippen LogP contribution is 2.13. The van der Waals surface area contributed by atoms with Gasteiger partial charge in [-0.2, -0.15) is 0 Å². The fourth-order valence-corrected chi connectivity index (χ4v) is 3.76. The summed E-state index contributed by atoms with van der Waals surface area (Å²) in [6.45, 7) is 2.47. The third-order valence-electron chi connectivity index (χ3n) is 5.51. The van der Waals surface area contributed by atoms with E-state index in [1.807, 2.05) is 60.7 Å². The van der Waals surface area contributed by atoms with Crippen LogP contribution in [0.5, 0.6) is 0 Å². The first-order valence-corrected chi connectivity index (χ1v) is 11.0. The fraction of sp³-hybridized carbons (Fsp3) is 0.280. The number of piperazine rings is 1. The number of ether oxygens (including phenoxy) is 1. The van der Waals surface area contributed by atoms with E-state index in [9.17, 15) is 9.59 Å². The molecule has 1 atom stereocenters. The molecule has 4 rings (SSSR count). The van der Waals surface area contributed by atoms with Crippen molar-refractivity contribution in [2.24, 2.45) is 0 Å². The van der Waals surface area contributed by atoms with Gasteiger partial charge in [0.2, 0.25) is 11.9 Å². The normalized spacial score (nSPS) is 14.4. The molecule has 0 bridgehead atoms. The van der Waals surface area contributed by atoms with E-state index >= 15 is 0 Å². The summed E-state index contributed by atoms with van der Waals surface area (Å²) >= 11 is 0. The van der Waals surface area contributed by atoms with Crippen LogP contribution in [0.2, 0.25) is 0 Å². The van der Waals surface area contributed by atoms with Crippen LogP contribution in [0.15, 0.2) is 79.1 Å². The molecule has 1 N–H and O–H groups in total. The average Bonchev–Trinajstić information content (AvgIpc) is 2.88. The predicted molar refractivity (Wildman–Crippen MR) is 125 cm³/mol. The number of anilines is 1. The molecule has 3 aromatic rings. The molecule has 0 saturated carbocycles. The van der Waals surface area contributed by atoms with Gasteiger partial charge in [-0.25, -0.2) is 14.8 Å². The van der Waals surface area contributed by atoms with Gasteiger partial charge >= 0.3 is 6.09 Å². The van der Waals surface area contributed by atoms with Gasteiger partial charge in [-0.05, 0) is 17.2 Å². The number of nitrogens with zero attached hydrogens (tertiary/aromatic N) is 4. The van der Waals surface area contributed by atoms with Crippen LogP contribution in [0.3, 0.4) is 0 Å². The van der Waals surface area contributed by atoms with E-state index < -0.39 is 12.1 Å². The van der Waals surface area contributed by atoms with Crippen molar-refractivity contribution in [1.29, 1.82) is 0 Å². The number of rotatable bonds is 7. The highest BCUT2D eigenvalue weighted by atomic mass is 16.5. The molecule has 2 amide bonds. The van der Waals surface area contributed by atoms with Gasteiger partial charge in [0.25, 0.3) is 0 Å². The minimum absolute atomic E-state index is 0.121. The molecular weight excluding hydrogens is 418 g/mol. The average molecular weight is 446 g/mol. The third kappa shape index (κ3) is 6.29. The first-order chi connectivity index (χ1) is 16.2. The SMILES string of the molecule is O=C(N[C@@H](Cc1ccccc1)C(=O)N1CCN(c2ncccn2)CC1)OCc1ccccc1. The van der Waals surface area contributed by atoms with Crippen LogP contribution in [-0.4, -0.2) is 59.1 Å². The van der Waals surface area contributed by atoms with Gasteiger partial charge in [0, 0.05) is 45.0 Å². The second-order valence-electron chi connectivity index (χ2n) is 7.81. The Bertz CT molecular complexity index is 1030. The van der Waals surface area contributed by atoms with Gasteiger partial charge in [-0.15, -0.1) is 0 Å². The zero-order valence-corrected chi connectivity index (χ0v) is 18.3. The van der Waals surface area contributed by atoms with E-state index in [0.29, 0.717) is 38.5 Å². The van der Waals surface area contributed by atoms with E-state index in [1.54, 1.807) is 23.4 Å². The van der Waals surface area contributed by atoms with Crippen molar-refractivity contribution in [3.63, 3.8) is 0 Å². The van der Waals surface area contributed by atoms with Crippen LogP contribution in [0, 0.1) is 0 Å². The Morgan fingerprint density at radius 2 is 1.45 bits per heavy atom. The number of hydrogen-bond acceptors (Lipinski definition) is 6. The van der Waals surface area contributed by atoms with Crippen molar-refractivity contribution < 1.29 is 14.3 Å². The van der Waals surface area contributed by atoms with Crippen LogP contribution in [0.25, 0.3) is 0 Å². The molecule has 1 fully saturated rings. The summed E-state index contributed by atoms with van der Waals surface area (Å²) in [5, 5.41) is 2.79. The quantitative estimate of drug-likeness (QED) is 0.602. The van der Waals surface area contributed by atoms with E-state index in [4.69, 9.17) is 4.74 Å². The molecule has 170 valence electrons. The summed E-state index contributed by atoms with van der Waals surface area (Å²) in [5.41, 5.74) is 1.85. The van der Waals surface area contributed by atoms with E-state index in [-0.39, 0.29) is 12.5 Å². The number of carbonyl (C=O) groups excluding carboxylic acids is 2. The summed E-state index contributed by atoms with van der Waals surface area (Å²) in [5.74, 6) is 0.539. The molecule has 2 aromatic carbocycles. The number of carbonyl (C=O) groups is 2. The lowest BCUT2D eigenvalue weighted by Gasteiger charge is -2.36. The lowest BCUT2D eigenvalue weighted by molar-refractivity contribution is -0.133. The van der Waals surface area contributed by atoms with Crippen molar-refractivity contribution >= 4 is 17.9 Å². The molecule has 1 aliphatic rings. The molecule has 33 heavy (non-hydrogen) atoms. The Balaban J connectivity index is 1.38. The maximum atomic E-state index is 13.4. The highest BCUT2D eigenvalue weighted by Gasteiger charge is 2.30. The van der Waals surface area contributed by atoms with Gasteiger partial charge in [-0.1, -0.05) is 60.7 Å². The van der Waals surface area contributed by atoms with Crippen LogP contribution in [0.1, 0.15) is 11.1 Å². The van der Waals surface area contributed by atoms with Crippen molar-refractivity contribution in [3.8, 4) is 0 Å². The van der Waals surface area contributed by atoms with Crippen molar-refractivity contribution in [2.75, 3.05) is 31.1 Å². The first-order valence-electron chi connectivity index (χ1n) is 11.0. The zero-order chi connectivity index (χ0) is 22.9. The van der Waals surface area contributed by atoms with Gasteiger partial charge in [0.05, 0.1) is 0 Å². The minimum Gasteiger partial charge on any atom is -0.445 e. The van der Waals surface area contributed by atoms with Gasteiger partial charge in [0.1, 0.15) is 12.6 Å². The number of aromatic nitrogens is 2. The number of alkyl carbamates (subject to hydrolysis) is 1. The fourth-order valence-electron chi connectivity index (χ4n) is 3.76. The Kier molecular flexibility index (Phi) is 7.48. The molecule has 2 heterocycles. The molecule has 1 saturated heterocycles. The highest BCUT2D eigenvalue weighted by molar-refractivity contribution is 5.86. The van der Waals surface area contributed by atoms with Gasteiger partial charge in [-0.3, -0.25) is 4.79 Å². The molecule has 1 aromatic heterocycles. The monoisotopic (exact) mass is 445 g/mol. The maximum Gasteiger partial charge on any atom is 0.408 e. The van der Waals surface area contributed by atoms with Crippen LogP contribution < -0.4 is 10.2 Å². The minimum atomic E-state index is -0.713. The van der Waals surface area contributed by atoms with Gasteiger partial charge in [0.15, 0.2) is 0 Å². The van der Waals surface area contributed by atoms with Crippen LogP contribution >= 0.6 is 0 Å². The lowest BCUT2D eigenvalue weighted by Crippen LogP contribution is -2.56. The summed E-state index contributed by atoms with van der Waals surface area (Å²) in [6, 6.07) is 20.2. The van der Waals surface area contributed by atoms with Crippen LogP contribution in [-0.2, 0) is 22.6 Å². The van der Waals surface area contributed by atoms with E-state index in [1.165, 1.54) is 0 Å². The Hall–Kier alpha value is -3.94. The van der Waals surface area contributed by atoms with E-state index in [2.05, 4.69) is 20.2 Å². The smallest absolute Gasteiger partial charge is 0.408 e. The molecule has 0 aliphatic carbocycles. The number of nitrogens with one attached hydrogen (secondary N) is 1. The number of amides is 2. The maximum absolute atomic E-state index is 13.4. The third-order valence-corrected chi connectivity index (χ3v) is 5.51. The number of benzene rings is 2. The molecule has 0 spiro atoms. The second kappa shape index (κ2) is 11.1. The number of hydrogen-bond donors (Lipinski definition) is 1. The predicted octanol–water partition coefficient (Wildman–Crippen LogP) is 2.66. The van der Waals surface area contributed by atoms with Crippen LogP contribution in [0.4, 0.5) is 10.7 Å². The van der Waals surface area contributed by atoms with Gasteiger partial charge < -0.3 is 19.9 Å². The molecule has 0 radical (unpaired) electrons. The molecule has 8 nitrogen and oxygen atoms in total. The summed E-state index contributed by atoms with van der Waals surface area (Å²) in [7, 11) is 0. The Morgan fingerprint density at radius 1 is 0.848 bits per heavy atom. The molecule has 1 aliphatic heterocycles. The summed E-state index contributed by atoms with van der Waals surface area (Å²) in [4.78, 5) is 38.3. The lowest BCUT2D eigenvalue weighted by atomic mass is 10.0. The van der Waals surface area contributed by atoms with Crippen molar-refractivity contribution in [1.82, 2.24) is 20.2 Å². The molecule has 0 unspecified atom stereocenters.